The molecule has 2 aromatic rings. The third-order valence-electron chi connectivity index (χ3n) is 3.53. The first-order valence-electron chi connectivity index (χ1n) is 7.56. The molecule has 0 radical (unpaired) electrons. The zero-order valence-corrected chi connectivity index (χ0v) is 13.9. The Morgan fingerprint density at radius 1 is 0.920 bits per heavy atom. The molecule has 7 heteroatoms. The van der Waals surface area contributed by atoms with E-state index in [2.05, 4.69) is 10.6 Å². The number of carbonyl (C=O) groups is 2. The number of hydrogen-bond donors (Lipinski definition) is 2. The molecular weight excluding hydrogens is 333 g/mol. The molecule has 0 saturated carbocycles. The monoisotopic (exact) mass is 350 g/mol. The average Bonchev–Trinajstić information content (AvgIpc) is 2.53. The number of carbonyl (C=O) groups excluding carboxylic acids is 2. The van der Waals surface area contributed by atoms with Crippen molar-refractivity contribution in [2.24, 2.45) is 5.92 Å². The van der Waals surface area contributed by atoms with E-state index in [1.165, 1.54) is 6.07 Å². The number of halogens is 3. The van der Waals surface area contributed by atoms with Gasteiger partial charge in [-0.05, 0) is 30.7 Å². The molecule has 132 valence electrons. The van der Waals surface area contributed by atoms with Gasteiger partial charge in [0.2, 0.25) is 5.91 Å². The lowest BCUT2D eigenvalue weighted by Gasteiger charge is -2.13. The standard InChI is InChI=1S/C18H17F3N2O2/c1-9(2)17(24)23-16-6-11(5-4-10(16)3)22-18(25)12-7-14(20)15(21)8-13(12)19/h4-9H,1-3H3,(H,22,25)(H,23,24). The van der Waals surface area contributed by atoms with E-state index in [0.717, 1.165) is 5.56 Å². The van der Waals surface area contributed by atoms with E-state index in [0.29, 0.717) is 17.8 Å². The van der Waals surface area contributed by atoms with Crippen LogP contribution in [0.5, 0.6) is 0 Å². The molecule has 25 heavy (non-hydrogen) atoms. The SMILES string of the molecule is Cc1ccc(NC(=O)c2cc(F)c(F)cc2F)cc1NC(=O)C(C)C. The summed E-state index contributed by atoms with van der Waals surface area (Å²) in [7, 11) is 0. The lowest BCUT2D eigenvalue weighted by atomic mass is 10.1. The number of amides is 2. The van der Waals surface area contributed by atoms with Crippen LogP contribution in [0.4, 0.5) is 24.5 Å². The van der Waals surface area contributed by atoms with E-state index in [1.54, 1.807) is 32.9 Å². The van der Waals surface area contributed by atoms with Crippen molar-refractivity contribution in [2.45, 2.75) is 20.8 Å². The quantitative estimate of drug-likeness (QED) is 0.810. The van der Waals surface area contributed by atoms with E-state index in [-0.39, 0.29) is 17.5 Å². The Kier molecular flexibility index (Phi) is 5.46. The third-order valence-corrected chi connectivity index (χ3v) is 3.53. The van der Waals surface area contributed by atoms with Crippen LogP contribution in [0, 0.1) is 30.3 Å². The van der Waals surface area contributed by atoms with Crippen LogP contribution in [-0.2, 0) is 4.79 Å². The van der Waals surface area contributed by atoms with E-state index in [9.17, 15) is 22.8 Å². The van der Waals surface area contributed by atoms with Gasteiger partial charge in [0.25, 0.3) is 5.91 Å². The highest BCUT2D eigenvalue weighted by atomic mass is 19.2. The van der Waals surface area contributed by atoms with Crippen LogP contribution in [0.1, 0.15) is 29.8 Å². The summed E-state index contributed by atoms with van der Waals surface area (Å²) in [6.07, 6.45) is 0. The van der Waals surface area contributed by atoms with Crippen molar-refractivity contribution in [3.8, 4) is 0 Å². The van der Waals surface area contributed by atoms with Crippen LogP contribution in [0.2, 0.25) is 0 Å². The van der Waals surface area contributed by atoms with E-state index < -0.39 is 28.9 Å². The Morgan fingerprint density at radius 3 is 2.20 bits per heavy atom. The largest absolute Gasteiger partial charge is 0.326 e. The molecule has 2 rings (SSSR count). The van der Waals surface area contributed by atoms with Gasteiger partial charge in [-0.3, -0.25) is 9.59 Å². The normalized spacial score (nSPS) is 10.7. The van der Waals surface area contributed by atoms with Gasteiger partial charge in [-0.15, -0.1) is 0 Å². The van der Waals surface area contributed by atoms with Gasteiger partial charge in [0.15, 0.2) is 11.6 Å². The van der Waals surface area contributed by atoms with Gasteiger partial charge in [-0.25, -0.2) is 13.2 Å². The number of anilines is 2. The first-order valence-corrected chi connectivity index (χ1v) is 7.56. The summed E-state index contributed by atoms with van der Waals surface area (Å²) in [5, 5.41) is 5.11. The number of rotatable bonds is 4. The van der Waals surface area contributed by atoms with Crippen molar-refractivity contribution in [3.05, 3.63) is 58.9 Å². The van der Waals surface area contributed by atoms with Gasteiger partial charge in [-0.1, -0.05) is 19.9 Å². The maximum absolute atomic E-state index is 13.7. The second-order valence-electron chi connectivity index (χ2n) is 5.87. The van der Waals surface area contributed by atoms with Crippen molar-refractivity contribution in [1.82, 2.24) is 0 Å². The minimum Gasteiger partial charge on any atom is -0.326 e. The molecule has 0 aromatic heterocycles. The highest BCUT2D eigenvalue weighted by Gasteiger charge is 2.17. The minimum atomic E-state index is -1.37. The molecule has 0 aliphatic carbocycles. The van der Waals surface area contributed by atoms with Crippen molar-refractivity contribution < 1.29 is 22.8 Å². The molecule has 0 heterocycles. The van der Waals surface area contributed by atoms with Crippen LogP contribution in [-0.4, -0.2) is 11.8 Å². The molecule has 0 aliphatic heterocycles. The third kappa shape index (κ3) is 4.37. The summed E-state index contributed by atoms with van der Waals surface area (Å²) in [6.45, 7) is 5.25. The molecule has 0 aliphatic rings. The smallest absolute Gasteiger partial charge is 0.258 e. The molecule has 0 saturated heterocycles. The Labute approximate surface area is 143 Å². The lowest BCUT2D eigenvalue weighted by molar-refractivity contribution is -0.118. The maximum atomic E-state index is 13.7. The molecule has 2 N–H and O–H groups in total. The fourth-order valence-electron chi connectivity index (χ4n) is 2.01. The number of aryl methyl sites for hydroxylation is 1. The summed E-state index contributed by atoms with van der Waals surface area (Å²) in [4.78, 5) is 23.9. The van der Waals surface area contributed by atoms with Gasteiger partial charge in [0, 0.05) is 23.4 Å². The first kappa shape index (κ1) is 18.5. The Bertz CT molecular complexity index is 835. The predicted octanol–water partition coefficient (Wildman–Crippen LogP) is 4.26. The molecule has 0 fully saturated rings. The fraction of sp³-hybridized carbons (Fsp3) is 0.222. The van der Waals surface area contributed by atoms with Crippen molar-refractivity contribution >= 4 is 23.2 Å². The summed E-state index contributed by atoms with van der Waals surface area (Å²) < 4.78 is 39.8. The average molecular weight is 350 g/mol. The molecule has 2 amide bonds. The number of nitrogens with one attached hydrogen (secondary N) is 2. The highest BCUT2D eigenvalue weighted by Crippen LogP contribution is 2.22. The van der Waals surface area contributed by atoms with Crippen molar-refractivity contribution in [1.29, 1.82) is 0 Å². The molecule has 0 atom stereocenters. The van der Waals surface area contributed by atoms with Gasteiger partial charge >= 0.3 is 0 Å². The van der Waals surface area contributed by atoms with Gasteiger partial charge in [-0.2, -0.15) is 0 Å². The van der Waals surface area contributed by atoms with Gasteiger partial charge in [0.1, 0.15) is 5.82 Å². The van der Waals surface area contributed by atoms with Gasteiger partial charge < -0.3 is 10.6 Å². The fourth-order valence-corrected chi connectivity index (χ4v) is 2.01. The van der Waals surface area contributed by atoms with Gasteiger partial charge in [0.05, 0.1) is 5.56 Å². The second kappa shape index (κ2) is 7.38. The zero-order valence-electron chi connectivity index (χ0n) is 13.9. The van der Waals surface area contributed by atoms with E-state index >= 15 is 0 Å². The zero-order chi connectivity index (χ0) is 18.7. The second-order valence-corrected chi connectivity index (χ2v) is 5.87. The number of benzene rings is 2. The lowest BCUT2D eigenvalue weighted by Crippen LogP contribution is -2.19. The van der Waals surface area contributed by atoms with Crippen LogP contribution >= 0.6 is 0 Å². The summed E-state index contributed by atoms with van der Waals surface area (Å²) in [5.41, 5.74) is 0.916. The molecule has 0 spiro atoms. The Balaban J connectivity index is 2.24. The molecule has 0 unspecified atom stereocenters. The summed E-state index contributed by atoms with van der Waals surface area (Å²) in [6, 6.07) is 5.53. The van der Waals surface area contributed by atoms with Crippen LogP contribution in [0.25, 0.3) is 0 Å². The van der Waals surface area contributed by atoms with Crippen LogP contribution in [0.15, 0.2) is 30.3 Å². The summed E-state index contributed by atoms with van der Waals surface area (Å²) >= 11 is 0. The molecule has 2 aromatic carbocycles. The van der Waals surface area contributed by atoms with Crippen molar-refractivity contribution in [2.75, 3.05) is 10.6 Å². The Morgan fingerprint density at radius 2 is 1.56 bits per heavy atom. The minimum absolute atomic E-state index is 0.196. The summed E-state index contributed by atoms with van der Waals surface area (Å²) in [5.74, 6) is -5.21. The highest BCUT2D eigenvalue weighted by molar-refractivity contribution is 6.05. The maximum Gasteiger partial charge on any atom is 0.258 e. The predicted molar refractivity (Wildman–Crippen MR) is 88.9 cm³/mol. The topological polar surface area (TPSA) is 58.2 Å². The van der Waals surface area contributed by atoms with Crippen molar-refractivity contribution in [3.63, 3.8) is 0 Å². The molecular formula is C18H17F3N2O2. The van der Waals surface area contributed by atoms with E-state index in [1.807, 2.05) is 0 Å². The first-order chi connectivity index (χ1) is 11.7. The van der Waals surface area contributed by atoms with Crippen LogP contribution < -0.4 is 10.6 Å². The molecule has 4 nitrogen and oxygen atoms in total. The Hall–Kier alpha value is -2.83. The molecule has 0 bridgehead atoms. The van der Waals surface area contributed by atoms with E-state index in [4.69, 9.17) is 0 Å². The number of hydrogen-bond acceptors (Lipinski definition) is 2. The van der Waals surface area contributed by atoms with Crippen LogP contribution in [0.3, 0.4) is 0 Å².